The lowest BCUT2D eigenvalue weighted by Crippen LogP contribution is -2.22. The monoisotopic (exact) mass is 290 g/mol. The molecule has 2 aromatic rings. The first-order valence-electron chi connectivity index (χ1n) is 6.76. The van der Waals surface area contributed by atoms with Gasteiger partial charge in [0.1, 0.15) is 12.4 Å². The van der Waals surface area contributed by atoms with Crippen LogP contribution in [0.4, 0.5) is 0 Å². The number of ether oxygens (including phenoxy) is 1. The van der Waals surface area contributed by atoms with Crippen LogP contribution in [0.25, 0.3) is 0 Å². The molecular weight excluding hydrogens is 272 g/mol. The van der Waals surface area contributed by atoms with Gasteiger partial charge in [-0.3, -0.25) is 4.98 Å². The van der Waals surface area contributed by atoms with Gasteiger partial charge in [0, 0.05) is 22.8 Å². The summed E-state index contributed by atoms with van der Waals surface area (Å²) in [6.45, 7) is 2.49. The first kappa shape index (κ1) is 14.8. The highest BCUT2D eigenvalue weighted by molar-refractivity contribution is 6.31. The van der Waals surface area contributed by atoms with Crippen molar-refractivity contribution in [1.29, 1.82) is 0 Å². The van der Waals surface area contributed by atoms with Crippen molar-refractivity contribution in [1.82, 2.24) is 4.98 Å². The normalized spacial score (nSPS) is 12.2. The van der Waals surface area contributed by atoms with Crippen LogP contribution in [0.2, 0.25) is 5.02 Å². The minimum Gasteiger partial charge on any atom is -0.487 e. The molecule has 0 aliphatic rings. The van der Waals surface area contributed by atoms with Crippen LogP contribution in [0.15, 0.2) is 42.6 Å². The lowest BCUT2D eigenvalue weighted by molar-refractivity contribution is 0.297. The zero-order valence-corrected chi connectivity index (χ0v) is 12.3. The SMILES string of the molecule is CCC(N)Cc1c(Cl)cccc1OCc1ccccn1. The molecule has 1 atom stereocenters. The molecule has 1 heterocycles. The van der Waals surface area contributed by atoms with Crippen LogP contribution in [0, 0.1) is 0 Å². The molecule has 4 heteroatoms. The van der Waals surface area contributed by atoms with Crippen LogP contribution in [0.1, 0.15) is 24.6 Å². The molecule has 0 aliphatic carbocycles. The Morgan fingerprint density at radius 1 is 1.25 bits per heavy atom. The molecule has 0 radical (unpaired) electrons. The molecule has 0 fully saturated rings. The smallest absolute Gasteiger partial charge is 0.130 e. The fourth-order valence-corrected chi connectivity index (χ4v) is 2.16. The van der Waals surface area contributed by atoms with Gasteiger partial charge >= 0.3 is 0 Å². The maximum Gasteiger partial charge on any atom is 0.130 e. The number of aromatic nitrogens is 1. The van der Waals surface area contributed by atoms with Crippen molar-refractivity contribution in [2.45, 2.75) is 32.4 Å². The molecule has 20 heavy (non-hydrogen) atoms. The van der Waals surface area contributed by atoms with Crippen molar-refractivity contribution in [2.75, 3.05) is 0 Å². The summed E-state index contributed by atoms with van der Waals surface area (Å²) in [4.78, 5) is 4.24. The molecule has 1 aromatic heterocycles. The average Bonchev–Trinajstić information content (AvgIpc) is 2.48. The molecule has 0 aliphatic heterocycles. The van der Waals surface area contributed by atoms with Crippen LogP contribution in [-0.2, 0) is 13.0 Å². The highest BCUT2D eigenvalue weighted by Crippen LogP contribution is 2.28. The Kier molecular flexibility index (Phi) is 5.39. The van der Waals surface area contributed by atoms with Crippen molar-refractivity contribution in [3.63, 3.8) is 0 Å². The third-order valence-electron chi connectivity index (χ3n) is 3.17. The number of nitrogens with zero attached hydrogens (tertiary/aromatic N) is 1. The van der Waals surface area contributed by atoms with Crippen molar-refractivity contribution in [2.24, 2.45) is 5.73 Å². The third kappa shape index (κ3) is 3.95. The van der Waals surface area contributed by atoms with E-state index in [0.29, 0.717) is 18.1 Å². The fraction of sp³-hybridized carbons (Fsp3) is 0.312. The van der Waals surface area contributed by atoms with E-state index in [0.717, 1.165) is 23.4 Å². The molecule has 0 saturated heterocycles. The van der Waals surface area contributed by atoms with E-state index in [-0.39, 0.29) is 6.04 Å². The zero-order chi connectivity index (χ0) is 14.4. The number of halogens is 1. The highest BCUT2D eigenvalue weighted by Gasteiger charge is 2.12. The van der Waals surface area contributed by atoms with Gasteiger partial charge in [0.25, 0.3) is 0 Å². The zero-order valence-electron chi connectivity index (χ0n) is 11.6. The van der Waals surface area contributed by atoms with Gasteiger partial charge in [-0.2, -0.15) is 0 Å². The molecule has 1 unspecified atom stereocenters. The van der Waals surface area contributed by atoms with Crippen LogP contribution < -0.4 is 10.5 Å². The predicted octanol–water partition coefficient (Wildman–Crippen LogP) is 3.59. The van der Waals surface area contributed by atoms with Gasteiger partial charge in [-0.25, -0.2) is 0 Å². The number of nitrogens with two attached hydrogens (primary N) is 1. The summed E-state index contributed by atoms with van der Waals surface area (Å²) in [6.07, 6.45) is 3.38. The summed E-state index contributed by atoms with van der Waals surface area (Å²) in [5, 5.41) is 0.701. The highest BCUT2D eigenvalue weighted by atomic mass is 35.5. The second-order valence-electron chi connectivity index (χ2n) is 4.70. The number of rotatable bonds is 6. The summed E-state index contributed by atoms with van der Waals surface area (Å²) in [6, 6.07) is 11.5. The summed E-state index contributed by atoms with van der Waals surface area (Å²) < 4.78 is 5.85. The van der Waals surface area contributed by atoms with Crippen LogP contribution in [0.3, 0.4) is 0 Å². The van der Waals surface area contributed by atoms with Crippen molar-refractivity contribution < 1.29 is 4.74 Å². The maximum atomic E-state index is 6.26. The van der Waals surface area contributed by atoms with Crippen molar-refractivity contribution in [3.8, 4) is 5.75 Å². The first-order valence-corrected chi connectivity index (χ1v) is 7.14. The third-order valence-corrected chi connectivity index (χ3v) is 3.52. The second-order valence-corrected chi connectivity index (χ2v) is 5.11. The van der Waals surface area contributed by atoms with E-state index >= 15 is 0 Å². The maximum absolute atomic E-state index is 6.26. The quantitative estimate of drug-likeness (QED) is 0.884. The lowest BCUT2D eigenvalue weighted by Gasteiger charge is -2.15. The molecule has 3 nitrogen and oxygen atoms in total. The van der Waals surface area contributed by atoms with E-state index in [4.69, 9.17) is 22.1 Å². The minimum absolute atomic E-state index is 0.0899. The summed E-state index contributed by atoms with van der Waals surface area (Å²) >= 11 is 6.26. The van der Waals surface area contributed by atoms with Gasteiger partial charge in [-0.05, 0) is 37.1 Å². The topological polar surface area (TPSA) is 48.1 Å². The van der Waals surface area contributed by atoms with Gasteiger partial charge < -0.3 is 10.5 Å². The van der Waals surface area contributed by atoms with Gasteiger partial charge in [-0.15, -0.1) is 0 Å². The Morgan fingerprint density at radius 2 is 2.10 bits per heavy atom. The predicted molar refractivity (Wildman–Crippen MR) is 82.0 cm³/mol. The average molecular weight is 291 g/mol. The minimum atomic E-state index is 0.0899. The van der Waals surface area contributed by atoms with Crippen LogP contribution in [0.5, 0.6) is 5.75 Å². The molecule has 106 valence electrons. The molecule has 0 bridgehead atoms. The number of benzene rings is 1. The Balaban J connectivity index is 2.12. The summed E-state index contributed by atoms with van der Waals surface area (Å²) in [5.74, 6) is 0.784. The Labute approximate surface area is 124 Å². The second kappa shape index (κ2) is 7.27. The summed E-state index contributed by atoms with van der Waals surface area (Å²) in [5.41, 5.74) is 7.88. The largest absolute Gasteiger partial charge is 0.487 e. The molecule has 2 rings (SSSR count). The first-order chi connectivity index (χ1) is 9.70. The van der Waals surface area contributed by atoms with Crippen molar-refractivity contribution in [3.05, 3.63) is 58.9 Å². The van der Waals surface area contributed by atoms with E-state index in [9.17, 15) is 0 Å². The standard InChI is InChI=1S/C16H19ClN2O/c1-2-12(18)10-14-15(17)7-5-8-16(14)20-11-13-6-3-4-9-19-13/h3-9,12H,2,10-11,18H2,1H3. The van der Waals surface area contributed by atoms with Gasteiger partial charge in [-0.1, -0.05) is 30.7 Å². The Bertz CT molecular complexity index is 545. The van der Waals surface area contributed by atoms with E-state index in [2.05, 4.69) is 11.9 Å². The van der Waals surface area contributed by atoms with E-state index < -0.39 is 0 Å². The van der Waals surface area contributed by atoms with Crippen molar-refractivity contribution >= 4 is 11.6 Å². The number of hydrogen-bond acceptors (Lipinski definition) is 3. The number of hydrogen-bond donors (Lipinski definition) is 1. The molecule has 1 aromatic carbocycles. The van der Waals surface area contributed by atoms with Gasteiger partial charge in [0.05, 0.1) is 5.69 Å². The Morgan fingerprint density at radius 3 is 2.80 bits per heavy atom. The van der Waals surface area contributed by atoms with Gasteiger partial charge in [0.15, 0.2) is 0 Å². The molecule has 0 amide bonds. The Hall–Kier alpha value is -1.58. The van der Waals surface area contributed by atoms with E-state index in [1.54, 1.807) is 6.20 Å². The molecule has 0 saturated carbocycles. The fourth-order valence-electron chi connectivity index (χ4n) is 1.91. The lowest BCUT2D eigenvalue weighted by atomic mass is 10.0. The van der Waals surface area contributed by atoms with Crippen LogP contribution in [-0.4, -0.2) is 11.0 Å². The molecular formula is C16H19ClN2O. The summed E-state index contributed by atoms with van der Waals surface area (Å²) in [7, 11) is 0. The van der Waals surface area contributed by atoms with E-state index in [1.165, 1.54) is 0 Å². The molecule has 2 N–H and O–H groups in total. The van der Waals surface area contributed by atoms with Gasteiger partial charge in [0.2, 0.25) is 0 Å². The molecule has 0 spiro atoms. The van der Waals surface area contributed by atoms with Crippen LogP contribution >= 0.6 is 11.6 Å². The number of pyridine rings is 1. The van der Waals surface area contributed by atoms with E-state index in [1.807, 2.05) is 36.4 Å².